The lowest BCUT2D eigenvalue weighted by atomic mass is 10.2. The van der Waals surface area contributed by atoms with E-state index in [-0.39, 0.29) is 6.10 Å². The molecule has 7 heteroatoms. The Hall–Kier alpha value is -2.35. The van der Waals surface area contributed by atoms with E-state index in [0.717, 1.165) is 48.6 Å². The van der Waals surface area contributed by atoms with Crippen LogP contribution in [0.1, 0.15) is 5.56 Å². The largest absolute Gasteiger partial charge is 0.374 e. The molecule has 3 aromatic rings. The highest BCUT2D eigenvalue weighted by atomic mass is 32.1. The van der Waals surface area contributed by atoms with E-state index >= 15 is 0 Å². The first kappa shape index (κ1) is 17.1. The number of pyridine rings is 1. The number of anilines is 1. The van der Waals surface area contributed by atoms with Crippen LogP contribution in [-0.4, -0.2) is 52.4 Å². The average Bonchev–Trinajstić information content (AvgIpc) is 3.17. The van der Waals surface area contributed by atoms with Gasteiger partial charge in [0.15, 0.2) is 5.01 Å². The van der Waals surface area contributed by atoms with Crippen LogP contribution >= 0.6 is 11.3 Å². The first-order valence-electron chi connectivity index (χ1n) is 8.73. The van der Waals surface area contributed by atoms with Gasteiger partial charge in [0, 0.05) is 32.4 Å². The van der Waals surface area contributed by atoms with Crippen LogP contribution in [0.4, 0.5) is 5.13 Å². The summed E-state index contributed by atoms with van der Waals surface area (Å²) in [6.45, 7) is 4.32. The van der Waals surface area contributed by atoms with Crippen molar-refractivity contribution in [2.24, 2.45) is 0 Å². The molecule has 0 radical (unpaired) electrons. The van der Waals surface area contributed by atoms with Crippen molar-refractivity contribution in [1.29, 1.82) is 0 Å². The zero-order valence-electron chi connectivity index (χ0n) is 14.4. The van der Waals surface area contributed by atoms with E-state index in [2.05, 4.69) is 55.7 Å². The normalized spacial score (nSPS) is 17.9. The quantitative estimate of drug-likeness (QED) is 0.723. The van der Waals surface area contributed by atoms with Gasteiger partial charge in [0.2, 0.25) is 5.13 Å². The summed E-state index contributed by atoms with van der Waals surface area (Å²) in [5.41, 5.74) is 2.19. The highest BCUT2D eigenvalue weighted by Crippen LogP contribution is 2.24. The Kier molecular flexibility index (Phi) is 5.49. The molecule has 6 nitrogen and oxygen atoms in total. The monoisotopic (exact) mass is 367 g/mol. The van der Waals surface area contributed by atoms with Gasteiger partial charge in [-0.1, -0.05) is 47.7 Å². The van der Waals surface area contributed by atoms with Gasteiger partial charge in [0.05, 0.1) is 12.7 Å². The van der Waals surface area contributed by atoms with Gasteiger partial charge >= 0.3 is 0 Å². The summed E-state index contributed by atoms with van der Waals surface area (Å²) >= 11 is 1.51. The Labute approximate surface area is 156 Å². The molecule has 1 unspecified atom stereocenters. The number of benzene rings is 1. The molecule has 0 bridgehead atoms. The number of morpholine rings is 1. The summed E-state index contributed by atoms with van der Waals surface area (Å²) in [6.07, 6.45) is 1.91. The van der Waals surface area contributed by atoms with Crippen LogP contribution < -0.4 is 5.32 Å². The Balaban J connectivity index is 1.30. The van der Waals surface area contributed by atoms with Gasteiger partial charge in [-0.05, 0) is 17.7 Å². The molecule has 0 spiro atoms. The molecule has 2 aromatic heterocycles. The third-order valence-electron chi connectivity index (χ3n) is 4.26. The fourth-order valence-electron chi connectivity index (χ4n) is 2.98. The zero-order valence-corrected chi connectivity index (χ0v) is 15.2. The van der Waals surface area contributed by atoms with E-state index in [1.54, 1.807) is 6.20 Å². The lowest BCUT2D eigenvalue weighted by molar-refractivity contribution is -0.0240. The second-order valence-corrected chi connectivity index (χ2v) is 7.20. The summed E-state index contributed by atoms with van der Waals surface area (Å²) in [6, 6.07) is 16.4. The second kappa shape index (κ2) is 8.35. The van der Waals surface area contributed by atoms with Crippen molar-refractivity contribution in [3.05, 3.63) is 60.3 Å². The Morgan fingerprint density at radius 1 is 1.12 bits per heavy atom. The molecule has 4 rings (SSSR count). The van der Waals surface area contributed by atoms with Gasteiger partial charge < -0.3 is 10.1 Å². The summed E-state index contributed by atoms with van der Waals surface area (Å²) in [5.74, 6) is 0. The summed E-state index contributed by atoms with van der Waals surface area (Å²) in [4.78, 5) is 6.75. The van der Waals surface area contributed by atoms with Crippen LogP contribution in [0.5, 0.6) is 0 Å². The number of aromatic nitrogens is 3. The molecule has 0 saturated carbocycles. The molecule has 134 valence electrons. The first-order valence-corrected chi connectivity index (χ1v) is 9.55. The smallest absolute Gasteiger partial charge is 0.206 e. The number of rotatable bonds is 6. The Morgan fingerprint density at radius 2 is 2.00 bits per heavy atom. The molecule has 0 amide bonds. The van der Waals surface area contributed by atoms with Gasteiger partial charge in [-0.15, -0.1) is 10.2 Å². The minimum absolute atomic E-state index is 0.148. The summed E-state index contributed by atoms with van der Waals surface area (Å²) in [5, 5.41) is 13.4. The minimum atomic E-state index is 0.148. The number of nitrogens with one attached hydrogen (secondary N) is 1. The third kappa shape index (κ3) is 4.43. The van der Waals surface area contributed by atoms with Crippen LogP contribution in [0.3, 0.4) is 0 Å². The summed E-state index contributed by atoms with van der Waals surface area (Å²) in [7, 11) is 0. The van der Waals surface area contributed by atoms with E-state index in [4.69, 9.17) is 4.74 Å². The molecular weight excluding hydrogens is 346 g/mol. The molecule has 1 atom stereocenters. The average molecular weight is 367 g/mol. The Bertz CT molecular complexity index is 811. The van der Waals surface area contributed by atoms with Crippen LogP contribution in [0.15, 0.2) is 54.7 Å². The number of hydrogen-bond acceptors (Lipinski definition) is 7. The highest BCUT2D eigenvalue weighted by molar-refractivity contribution is 7.18. The molecule has 1 aliphatic heterocycles. The summed E-state index contributed by atoms with van der Waals surface area (Å²) < 4.78 is 5.90. The van der Waals surface area contributed by atoms with Gasteiger partial charge in [-0.25, -0.2) is 0 Å². The van der Waals surface area contributed by atoms with Crippen LogP contribution in [0.2, 0.25) is 0 Å². The third-order valence-corrected chi connectivity index (χ3v) is 5.17. The standard InChI is InChI=1S/C19H21N5OS/c1-2-6-15(7-3-1)13-24-10-11-25-16(14-24)12-21-19-23-22-18(26-19)17-8-4-5-9-20-17/h1-9,16H,10-14H2,(H,21,23). The lowest BCUT2D eigenvalue weighted by Crippen LogP contribution is -2.44. The SMILES string of the molecule is c1ccc(CN2CCOC(CNc3nnc(-c4ccccn4)s3)C2)cc1. The topological polar surface area (TPSA) is 63.2 Å². The van der Waals surface area contributed by atoms with Gasteiger partial charge in [-0.2, -0.15) is 0 Å². The maximum atomic E-state index is 5.90. The predicted molar refractivity (Wildman–Crippen MR) is 103 cm³/mol. The number of nitrogens with zero attached hydrogens (tertiary/aromatic N) is 4. The molecule has 1 N–H and O–H groups in total. The minimum Gasteiger partial charge on any atom is -0.374 e. The van der Waals surface area contributed by atoms with Crippen molar-refractivity contribution in [1.82, 2.24) is 20.1 Å². The molecule has 1 saturated heterocycles. The van der Waals surface area contributed by atoms with Crippen molar-refractivity contribution in [3.8, 4) is 10.7 Å². The molecule has 26 heavy (non-hydrogen) atoms. The predicted octanol–water partition coefficient (Wildman–Crippen LogP) is 2.91. The highest BCUT2D eigenvalue weighted by Gasteiger charge is 2.21. The maximum Gasteiger partial charge on any atom is 0.206 e. The maximum absolute atomic E-state index is 5.90. The van der Waals surface area contributed by atoms with Gasteiger partial charge in [0.25, 0.3) is 0 Å². The molecule has 1 fully saturated rings. The van der Waals surface area contributed by atoms with E-state index in [1.165, 1.54) is 16.9 Å². The van der Waals surface area contributed by atoms with Crippen molar-refractivity contribution in [2.45, 2.75) is 12.6 Å². The Morgan fingerprint density at radius 3 is 2.85 bits per heavy atom. The van der Waals surface area contributed by atoms with E-state index in [0.29, 0.717) is 0 Å². The van der Waals surface area contributed by atoms with Crippen molar-refractivity contribution < 1.29 is 4.74 Å². The van der Waals surface area contributed by atoms with Crippen molar-refractivity contribution in [2.75, 3.05) is 31.6 Å². The molecule has 1 aliphatic rings. The van der Waals surface area contributed by atoms with Gasteiger partial charge in [0.1, 0.15) is 5.69 Å². The fraction of sp³-hybridized carbons (Fsp3) is 0.316. The van der Waals surface area contributed by atoms with Crippen LogP contribution in [0, 0.1) is 0 Å². The molecular formula is C19H21N5OS. The van der Waals surface area contributed by atoms with Crippen LogP contribution in [0.25, 0.3) is 10.7 Å². The zero-order chi connectivity index (χ0) is 17.6. The molecule has 1 aromatic carbocycles. The van der Waals surface area contributed by atoms with E-state index in [9.17, 15) is 0 Å². The number of hydrogen-bond donors (Lipinski definition) is 1. The first-order chi connectivity index (χ1) is 12.9. The van der Waals surface area contributed by atoms with E-state index < -0.39 is 0 Å². The van der Waals surface area contributed by atoms with Gasteiger partial charge in [-0.3, -0.25) is 9.88 Å². The van der Waals surface area contributed by atoms with Crippen molar-refractivity contribution in [3.63, 3.8) is 0 Å². The molecule has 0 aliphatic carbocycles. The molecule has 3 heterocycles. The van der Waals surface area contributed by atoms with E-state index in [1.807, 2.05) is 18.2 Å². The lowest BCUT2D eigenvalue weighted by Gasteiger charge is -2.33. The number of ether oxygens (including phenoxy) is 1. The van der Waals surface area contributed by atoms with Crippen molar-refractivity contribution >= 4 is 16.5 Å². The fourth-order valence-corrected chi connectivity index (χ4v) is 3.70. The van der Waals surface area contributed by atoms with Crippen LogP contribution in [-0.2, 0) is 11.3 Å². The second-order valence-electron chi connectivity index (χ2n) is 6.22.